The lowest BCUT2D eigenvalue weighted by molar-refractivity contribution is 0.211. The lowest BCUT2D eigenvalue weighted by Crippen LogP contribution is -2.20. The number of anilines is 1. The third-order valence-corrected chi connectivity index (χ3v) is 4.13. The van der Waals surface area contributed by atoms with Gasteiger partial charge in [0, 0.05) is 23.0 Å². The van der Waals surface area contributed by atoms with Crippen LogP contribution in [0.4, 0.5) is 5.69 Å². The monoisotopic (exact) mass is 315 g/mol. The standard InChI is InChI=1S/C13H14ClNO4S/c14-7-9(16)8-15-12-5-1-4-11-10(12)3-2-6-13(11)20(17,18)19/h1-6,9,15-16H,7-8H2,(H,17,18,19). The van der Waals surface area contributed by atoms with Gasteiger partial charge in [0.1, 0.15) is 4.90 Å². The first-order valence-electron chi connectivity index (χ1n) is 5.90. The fraction of sp³-hybridized carbons (Fsp3) is 0.231. The number of nitrogens with one attached hydrogen (secondary N) is 1. The summed E-state index contributed by atoms with van der Waals surface area (Å²) >= 11 is 5.52. The minimum atomic E-state index is -4.28. The van der Waals surface area contributed by atoms with Crippen LogP contribution in [0.3, 0.4) is 0 Å². The molecule has 0 fully saturated rings. The van der Waals surface area contributed by atoms with Gasteiger partial charge < -0.3 is 10.4 Å². The van der Waals surface area contributed by atoms with E-state index in [-0.39, 0.29) is 17.3 Å². The van der Waals surface area contributed by atoms with Crippen molar-refractivity contribution in [3.63, 3.8) is 0 Å². The number of rotatable bonds is 5. The van der Waals surface area contributed by atoms with Crippen molar-refractivity contribution >= 4 is 38.2 Å². The van der Waals surface area contributed by atoms with E-state index in [2.05, 4.69) is 5.32 Å². The van der Waals surface area contributed by atoms with E-state index in [0.29, 0.717) is 16.5 Å². The summed E-state index contributed by atoms with van der Waals surface area (Å²) in [6.45, 7) is 0.249. The van der Waals surface area contributed by atoms with Gasteiger partial charge in [-0.3, -0.25) is 4.55 Å². The highest BCUT2D eigenvalue weighted by molar-refractivity contribution is 7.86. The Morgan fingerprint density at radius 2 is 1.80 bits per heavy atom. The fourth-order valence-corrected chi connectivity index (χ4v) is 2.76. The zero-order chi connectivity index (χ0) is 14.8. The second-order valence-corrected chi connectivity index (χ2v) is 6.02. The topological polar surface area (TPSA) is 86.6 Å². The number of hydrogen-bond donors (Lipinski definition) is 3. The van der Waals surface area contributed by atoms with E-state index in [4.69, 9.17) is 11.6 Å². The molecule has 0 aliphatic carbocycles. The summed E-state index contributed by atoms with van der Waals surface area (Å²) in [5.74, 6) is 0.105. The van der Waals surface area contributed by atoms with Gasteiger partial charge in [-0.15, -0.1) is 11.6 Å². The maximum atomic E-state index is 11.3. The van der Waals surface area contributed by atoms with E-state index in [9.17, 15) is 18.1 Å². The van der Waals surface area contributed by atoms with Crippen LogP contribution in [-0.2, 0) is 10.1 Å². The van der Waals surface area contributed by atoms with Gasteiger partial charge in [-0.1, -0.05) is 24.3 Å². The highest BCUT2D eigenvalue weighted by Gasteiger charge is 2.14. The molecular formula is C13H14ClNO4S. The molecule has 0 aliphatic heterocycles. The molecule has 1 atom stereocenters. The molecule has 0 aliphatic rings. The molecule has 2 aromatic carbocycles. The van der Waals surface area contributed by atoms with Crippen LogP contribution in [0, 0.1) is 0 Å². The molecule has 108 valence electrons. The summed E-state index contributed by atoms with van der Waals surface area (Å²) in [4.78, 5) is -0.142. The summed E-state index contributed by atoms with van der Waals surface area (Å²) < 4.78 is 31.9. The van der Waals surface area contributed by atoms with Gasteiger partial charge in [0.15, 0.2) is 0 Å². The summed E-state index contributed by atoms with van der Waals surface area (Å²) in [5.41, 5.74) is 0.664. The Morgan fingerprint density at radius 3 is 2.45 bits per heavy atom. The van der Waals surface area contributed by atoms with Crippen molar-refractivity contribution in [1.82, 2.24) is 0 Å². The largest absolute Gasteiger partial charge is 0.390 e. The molecule has 0 saturated carbocycles. The predicted octanol–water partition coefficient (Wildman–Crippen LogP) is 2.10. The van der Waals surface area contributed by atoms with E-state index in [1.54, 1.807) is 30.3 Å². The molecule has 0 spiro atoms. The van der Waals surface area contributed by atoms with Crippen LogP contribution in [0.15, 0.2) is 41.3 Å². The second kappa shape index (κ2) is 5.97. The maximum Gasteiger partial charge on any atom is 0.295 e. The van der Waals surface area contributed by atoms with Crippen LogP contribution in [-0.4, -0.2) is 36.6 Å². The Kier molecular flexibility index (Phi) is 4.49. The van der Waals surface area contributed by atoms with Crippen molar-refractivity contribution in [1.29, 1.82) is 0 Å². The molecule has 0 aromatic heterocycles. The van der Waals surface area contributed by atoms with Gasteiger partial charge in [0.05, 0.1) is 12.0 Å². The van der Waals surface area contributed by atoms with E-state index in [1.165, 1.54) is 6.07 Å². The molecule has 3 N–H and O–H groups in total. The number of benzene rings is 2. The zero-order valence-electron chi connectivity index (χ0n) is 10.5. The minimum absolute atomic E-state index is 0.105. The maximum absolute atomic E-state index is 11.3. The summed E-state index contributed by atoms with van der Waals surface area (Å²) in [6, 6.07) is 9.67. The van der Waals surface area contributed by atoms with Crippen LogP contribution in [0.1, 0.15) is 0 Å². The SMILES string of the molecule is O=S(=O)(O)c1cccc2c(NCC(O)CCl)cccc12. The quantitative estimate of drug-likeness (QED) is 0.581. The van der Waals surface area contributed by atoms with Gasteiger partial charge in [-0.2, -0.15) is 8.42 Å². The molecule has 0 heterocycles. The fourth-order valence-electron chi connectivity index (χ4n) is 1.94. The van der Waals surface area contributed by atoms with E-state index < -0.39 is 16.2 Å². The molecule has 2 rings (SSSR count). The summed E-state index contributed by atoms with van der Waals surface area (Å²) in [7, 11) is -4.28. The van der Waals surface area contributed by atoms with Crippen LogP contribution in [0.5, 0.6) is 0 Å². The first kappa shape index (κ1) is 15.1. The average Bonchev–Trinajstić information content (AvgIpc) is 2.42. The number of halogens is 1. The molecule has 5 nitrogen and oxygen atoms in total. The zero-order valence-corrected chi connectivity index (χ0v) is 12.0. The molecule has 2 aromatic rings. The second-order valence-electron chi connectivity index (χ2n) is 4.32. The minimum Gasteiger partial charge on any atom is -0.390 e. The van der Waals surface area contributed by atoms with Crippen molar-refractivity contribution in [3.8, 4) is 0 Å². The van der Waals surface area contributed by atoms with Crippen LogP contribution in [0.2, 0.25) is 0 Å². The first-order valence-corrected chi connectivity index (χ1v) is 7.88. The number of hydrogen-bond acceptors (Lipinski definition) is 4. The number of aliphatic hydroxyl groups excluding tert-OH is 1. The van der Waals surface area contributed by atoms with Crippen molar-refractivity contribution in [3.05, 3.63) is 36.4 Å². The van der Waals surface area contributed by atoms with Gasteiger partial charge >= 0.3 is 0 Å². The van der Waals surface area contributed by atoms with Gasteiger partial charge in [0.2, 0.25) is 0 Å². The van der Waals surface area contributed by atoms with E-state index in [1.807, 2.05) is 0 Å². The normalized spacial score (nSPS) is 13.3. The third kappa shape index (κ3) is 3.21. The van der Waals surface area contributed by atoms with Gasteiger partial charge in [-0.05, 0) is 12.1 Å². The number of alkyl halides is 1. The van der Waals surface area contributed by atoms with Crippen LogP contribution >= 0.6 is 11.6 Å². The Balaban J connectivity index is 2.49. The van der Waals surface area contributed by atoms with Gasteiger partial charge in [-0.25, -0.2) is 0 Å². The molecule has 1 unspecified atom stereocenters. The number of aliphatic hydroxyl groups is 1. The van der Waals surface area contributed by atoms with Crippen molar-refractivity contribution in [2.75, 3.05) is 17.7 Å². The molecule has 0 saturated heterocycles. The van der Waals surface area contributed by atoms with Crippen molar-refractivity contribution in [2.24, 2.45) is 0 Å². The molecule has 0 bridgehead atoms. The van der Waals surface area contributed by atoms with E-state index >= 15 is 0 Å². The number of fused-ring (bicyclic) bond motifs is 1. The highest BCUT2D eigenvalue weighted by atomic mass is 35.5. The van der Waals surface area contributed by atoms with E-state index in [0.717, 1.165) is 0 Å². The molecule has 0 amide bonds. The van der Waals surface area contributed by atoms with Crippen LogP contribution in [0.25, 0.3) is 10.8 Å². The highest BCUT2D eigenvalue weighted by Crippen LogP contribution is 2.28. The smallest absolute Gasteiger partial charge is 0.295 e. The Hall–Kier alpha value is -1.34. The molecule has 0 radical (unpaired) electrons. The summed E-state index contributed by atoms with van der Waals surface area (Å²) in [5, 5.41) is 13.5. The lowest BCUT2D eigenvalue weighted by Gasteiger charge is -2.13. The predicted molar refractivity (Wildman–Crippen MR) is 79.0 cm³/mol. The molecule has 20 heavy (non-hydrogen) atoms. The Bertz CT molecular complexity index is 717. The molecular weight excluding hydrogens is 302 g/mol. The third-order valence-electron chi connectivity index (χ3n) is 2.87. The first-order chi connectivity index (χ1) is 9.43. The Morgan fingerprint density at radius 1 is 1.15 bits per heavy atom. The lowest BCUT2D eigenvalue weighted by atomic mass is 10.1. The van der Waals surface area contributed by atoms with Crippen LogP contribution < -0.4 is 5.32 Å². The Labute approximate surface area is 121 Å². The summed E-state index contributed by atoms with van der Waals surface area (Å²) in [6.07, 6.45) is -0.698. The van der Waals surface area contributed by atoms with Gasteiger partial charge in [0.25, 0.3) is 10.1 Å². The average molecular weight is 316 g/mol. The molecule has 7 heteroatoms. The van der Waals surface area contributed by atoms with Crippen molar-refractivity contribution < 1.29 is 18.1 Å². The van der Waals surface area contributed by atoms with Crippen molar-refractivity contribution in [2.45, 2.75) is 11.0 Å².